The van der Waals surface area contributed by atoms with Crippen LogP contribution in [0.5, 0.6) is 5.75 Å². The van der Waals surface area contributed by atoms with Gasteiger partial charge in [0.1, 0.15) is 11.4 Å². The Balaban J connectivity index is 2.03. The van der Waals surface area contributed by atoms with Crippen molar-refractivity contribution in [2.75, 3.05) is 7.11 Å². The molecule has 23 heavy (non-hydrogen) atoms. The third kappa shape index (κ3) is 4.86. The Morgan fingerprint density at radius 1 is 1.09 bits per heavy atom. The van der Waals surface area contributed by atoms with Gasteiger partial charge in [-0.25, -0.2) is 10.2 Å². The van der Waals surface area contributed by atoms with Gasteiger partial charge in [-0.3, -0.25) is 5.43 Å². The van der Waals surface area contributed by atoms with Gasteiger partial charge in [0.05, 0.1) is 7.11 Å². The number of hydrazine groups is 1. The number of hydrogen-bond acceptors (Lipinski definition) is 4. The topological polar surface area (TPSA) is 59.6 Å². The smallest absolute Gasteiger partial charge is 0.422 e. The summed E-state index contributed by atoms with van der Waals surface area (Å²) >= 11 is 0. The summed E-state index contributed by atoms with van der Waals surface area (Å²) in [6.45, 7) is 7.46. The maximum atomic E-state index is 11.7. The summed E-state index contributed by atoms with van der Waals surface area (Å²) in [6.07, 6.45) is -0.491. The number of carbonyl (C=O) groups is 1. The van der Waals surface area contributed by atoms with Gasteiger partial charge in [-0.05, 0) is 62.2 Å². The predicted octanol–water partition coefficient (Wildman–Crippen LogP) is 3.94. The number of methoxy groups -OCH3 is 1. The average Bonchev–Trinajstić information content (AvgIpc) is 2.49. The van der Waals surface area contributed by atoms with Crippen LogP contribution in [0.4, 0.5) is 4.79 Å². The Kier molecular flexibility index (Phi) is 5.11. The molecule has 2 rings (SSSR count). The molecule has 1 unspecified atom stereocenters. The molecule has 0 spiro atoms. The Hall–Kier alpha value is -2.27. The molecule has 2 N–H and O–H groups in total. The molecule has 1 amide bonds. The van der Waals surface area contributed by atoms with Crippen molar-refractivity contribution in [3.8, 4) is 5.75 Å². The summed E-state index contributed by atoms with van der Waals surface area (Å²) < 4.78 is 10.4. The quantitative estimate of drug-likeness (QED) is 0.839. The lowest BCUT2D eigenvalue weighted by Gasteiger charge is -2.21. The predicted molar refractivity (Wildman–Crippen MR) is 91.4 cm³/mol. The van der Waals surface area contributed by atoms with Gasteiger partial charge in [-0.1, -0.05) is 18.2 Å². The van der Waals surface area contributed by atoms with Crippen LogP contribution in [-0.2, 0) is 4.74 Å². The third-order valence-electron chi connectivity index (χ3n) is 3.36. The fourth-order valence-electron chi connectivity index (χ4n) is 2.19. The minimum Gasteiger partial charge on any atom is -0.497 e. The van der Waals surface area contributed by atoms with Gasteiger partial charge in [0.15, 0.2) is 0 Å². The molecule has 5 heteroatoms. The summed E-state index contributed by atoms with van der Waals surface area (Å²) in [5, 5.41) is 2.23. The average molecular weight is 316 g/mol. The van der Waals surface area contributed by atoms with Gasteiger partial charge in [-0.2, -0.15) is 0 Å². The minimum atomic E-state index is -0.517. The lowest BCUT2D eigenvalue weighted by atomic mass is 10.0. The van der Waals surface area contributed by atoms with Crippen molar-refractivity contribution in [2.45, 2.75) is 39.3 Å². The Morgan fingerprint density at radius 2 is 1.74 bits per heavy atom. The van der Waals surface area contributed by atoms with Gasteiger partial charge in [-0.15, -0.1) is 0 Å². The molecule has 0 saturated carbocycles. The first kappa shape index (κ1) is 17.1. The van der Waals surface area contributed by atoms with Gasteiger partial charge in [0.2, 0.25) is 0 Å². The fourth-order valence-corrected chi connectivity index (χ4v) is 2.19. The molecule has 5 nitrogen and oxygen atoms in total. The van der Waals surface area contributed by atoms with Gasteiger partial charge < -0.3 is 9.47 Å². The fraction of sp³-hybridized carbons (Fsp3) is 0.389. The molecular weight excluding hydrogens is 292 g/mol. The molecule has 0 bridgehead atoms. The van der Waals surface area contributed by atoms with Crippen molar-refractivity contribution in [3.63, 3.8) is 0 Å². The zero-order valence-electron chi connectivity index (χ0n) is 14.3. The van der Waals surface area contributed by atoms with Gasteiger partial charge in [0, 0.05) is 6.04 Å². The maximum Gasteiger partial charge on any atom is 0.422 e. The highest BCUT2D eigenvalue weighted by Gasteiger charge is 2.16. The highest BCUT2D eigenvalue weighted by Crippen LogP contribution is 2.24. The van der Waals surface area contributed by atoms with Crippen LogP contribution in [0.2, 0.25) is 0 Å². The number of rotatable bonds is 4. The van der Waals surface area contributed by atoms with E-state index < -0.39 is 11.7 Å². The maximum absolute atomic E-state index is 11.7. The number of amides is 1. The highest BCUT2D eigenvalue weighted by atomic mass is 16.6. The molecule has 1 atom stereocenters. The summed E-state index contributed by atoms with van der Waals surface area (Å²) in [7, 11) is 1.66. The number of nitrogens with one attached hydrogen (secondary N) is 2. The van der Waals surface area contributed by atoms with E-state index >= 15 is 0 Å². The van der Waals surface area contributed by atoms with Crippen LogP contribution in [0.15, 0.2) is 36.4 Å². The number of ether oxygens (including phenoxy) is 2. The molecule has 2 aromatic carbocycles. The van der Waals surface area contributed by atoms with E-state index in [0.717, 1.165) is 22.1 Å². The number of fused-ring (bicyclic) bond motifs is 1. The van der Waals surface area contributed by atoms with Crippen LogP contribution in [0.3, 0.4) is 0 Å². The zero-order valence-corrected chi connectivity index (χ0v) is 14.3. The molecule has 0 aliphatic heterocycles. The van der Waals surface area contributed by atoms with Crippen LogP contribution in [0.1, 0.15) is 39.3 Å². The molecule has 0 fully saturated rings. The summed E-state index contributed by atoms with van der Waals surface area (Å²) in [5.41, 5.74) is 6.08. The Bertz CT molecular complexity index is 692. The van der Waals surface area contributed by atoms with E-state index in [9.17, 15) is 4.79 Å². The van der Waals surface area contributed by atoms with E-state index in [0.29, 0.717) is 0 Å². The Morgan fingerprint density at radius 3 is 2.39 bits per heavy atom. The first-order chi connectivity index (χ1) is 10.8. The van der Waals surface area contributed by atoms with Crippen molar-refractivity contribution in [1.29, 1.82) is 0 Å². The van der Waals surface area contributed by atoms with Crippen molar-refractivity contribution in [1.82, 2.24) is 10.9 Å². The van der Waals surface area contributed by atoms with Crippen LogP contribution >= 0.6 is 0 Å². The van der Waals surface area contributed by atoms with Crippen molar-refractivity contribution in [3.05, 3.63) is 42.0 Å². The zero-order chi connectivity index (χ0) is 17.0. The lowest BCUT2D eigenvalue weighted by Crippen LogP contribution is -2.42. The first-order valence-electron chi connectivity index (χ1n) is 7.61. The van der Waals surface area contributed by atoms with E-state index in [-0.39, 0.29) is 6.04 Å². The molecule has 124 valence electrons. The molecule has 2 aromatic rings. The highest BCUT2D eigenvalue weighted by molar-refractivity contribution is 5.84. The SMILES string of the molecule is COc1ccc2cc(C(C)NNC(=O)OC(C)(C)C)ccc2c1. The van der Waals surface area contributed by atoms with E-state index in [1.807, 2.05) is 58.0 Å². The van der Waals surface area contributed by atoms with E-state index in [4.69, 9.17) is 9.47 Å². The number of hydrogen-bond donors (Lipinski definition) is 2. The normalized spacial score (nSPS) is 12.7. The summed E-state index contributed by atoms with van der Waals surface area (Å²) in [6, 6.07) is 12.1. The monoisotopic (exact) mass is 316 g/mol. The molecule has 0 saturated heterocycles. The lowest BCUT2D eigenvalue weighted by molar-refractivity contribution is 0.0489. The van der Waals surface area contributed by atoms with Crippen LogP contribution in [-0.4, -0.2) is 18.8 Å². The van der Waals surface area contributed by atoms with Crippen LogP contribution in [0, 0.1) is 0 Å². The minimum absolute atomic E-state index is 0.0472. The van der Waals surface area contributed by atoms with Crippen molar-refractivity contribution in [2.24, 2.45) is 0 Å². The molecule has 0 aliphatic rings. The van der Waals surface area contributed by atoms with Gasteiger partial charge >= 0.3 is 6.09 Å². The van der Waals surface area contributed by atoms with E-state index in [1.165, 1.54) is 0 Å². The second kappa shape index (κ2) is 6.87. The van der Waals surface area contributed by atoms with Crippen molar-refractivity contribution < 1.29 is 14.3 Å². The molecule has 0 aromatic heterocycles. The van der Waals surface area contributed by atoms with Gasteiger partial charge in [0.25, 0.3) is 0 Å². The standard InChI is InChI=1S/C18H24N2O3/c1-12(19-20-17(21)23-18(2,3)4)13-6-7-15-11-16(22-5)9-8-14(15)10-13/h6-12,19H,1-5H3,(H,20,21). The number of benzene rings is 2. The molecular formula is C18H24N2O3. The summed E-state index contributed by atoms with van der Waals surface area (Å²) in [5.74, 6) is 0.836. The first-order valence-corrected chi connectivity index (χ1v) is 7.61. The van der Waals surface area contributed by atoms with E-state index in [1.54, 1.807) is 7.11 Å². The van der Waals surface area contributed by atoms with Crippen molar-refractivity contribution >= 4 is 16.9 Å². The number of carbonyl (C=O) groups excluding carboxylic acids is 1. The van der Waals surface area contributed by atoms with Crippen LogP contribution in [0.25, 0.3) is 10.8 Å². The molecule has 0 aliphatic carbocycles. The summed E-state index contributed by atoms with van der Waals surface area (Å²) in [4.78, 5) is 11.7. The second-order valence-electron chi connectivity index (χ2n) is 6.47. The third-order valence-corrected chi connectivity index (χ3v) is 3.36. The Labute approximate surface area is 136 Å². The van der Waals surface area contributed by atoms with Crippen LogP contribution < -0.4 is 15.6 Å². The second-order valence-corrected chi connectivity index (χ2v) is 6.47. The molecule has 0 heterocycles. The molecule has 0 radical (unpaired) electrons. The van der Waals surface area contributed by atoms with E-state index in [2.05, 4.69) is 16.9 Å². The largest absolute Gasteiger partial charge is 0.497 e.